The van der Waals surface area contributed by atoms with Crippen molar-refractivity contribution in [3.05, 3.63) is 99.4 Å². The van der Waals surface area contributed by atoms with Gasteiger partial charge in [0.25, 0.3) is 0 Å². The second-order valence-corrected chi connectivity index (χ2v) is 9.32. The minimum absolute atomic E-state index is 0.177. The van der Waals surface area contributed by atoms with Gasteiger partial charge in [-0.1, -0.05) is 36.0 Å². The van der Waals surface area contributed by atoms with Gasteiger partial charge in [-0.05, 0) is 55.0 Å². The summed E-state index contributed by atoms with van der Waals surface area (Å²) in [6.45, 7) is 1.66. The van der Waals surface area contributed by atoms with E-state index in [1.807, 2.05) is 47.9 Å². The van der Waals surface area contributed by atoms with Crippen molar-refractivity contribution in [2.45, 2.75) is 23.9 Å². The van der Waals surface area contributed by atoms with Crippen LogP contribution in [0.2, 0.25) is 0 Å². The topological polar surface area (TPSA) is 125 Å². The van der Waals surface area contributed by atoms with Gasteiger partial charge < -0.3 is 14.2 Å². The summed E-state index contributed by atoms with van der Waals surface area (Å²) in [5.41, 5.74) is 2.77. The van der Waals surface area contributed by atoms with Gasteiger partial charge in [0.05, 0.1) is 25.9 Å². The number of nitriles is 1. The third-order valence-corrected chi connectivity index (χ3v) is 6.95. The molecule has 0 saturated carbocycles. The minimum Gasteiger partial charge on any atom is -0.497 e. The van der Waals surface area contributed by atoms with Crippen LogP contribution in [0.3, 0.4) is 0 Å². The SMILES string of the molecule is COc1ccc(-n2c(C)nnc2S[C@@H](C[N+](=O)[O-])c2ccc(OCc3ccccc3C#N)c(OC)c2)cc1. The van der Waals surface area contributed by atoms with Crippen molar-refractivity contribution >= 4 is 11.8 Å². The number of thioether (sulfide) groups is 1. The first-order valence-corrected chi connectivity index (χ1v) is 12.4. The number of benzene rings is 3. The Bertz CT molecular complexity index is 1470. The number of ether oxygens (including phenoxy) is 3. The second-order valence-electron chi connectivity index (χ2n) is 8.15. The molecular formula is C27H25N5O5S. The summed E-state index contributed by atoms with van der Waals surface area (Å²) >= 11 is 1.25. The van der Waals surface area contributed by atoms with Crippen molar-refractivity contribution in [1.29, 1.82) is 5.26 Å². The molecule has 0 aliphatic rings. The first-order chi connectivity index (χ1) is 18.4. The van der Waals surface area contributed by atoms with Crippen LogP contribution >= 0.6 is 11.8 Å². The largest absolute Gasteiger partial charge is 0.497 e. The van der Waals surface area contributed by atoms with Gasteiger partial charge in [0.2, 0.25) is 6.54 Å². The Hall–Kier alpha value is -4.56. The lowest BCUT2D eigenvalue weighted by Gasteiger charge is -2.17. The fraction of sp³-hybridized carbons (Fsp3) is 0.222. The second kappa shape index (κ2) is 12.1. The molecular weight excluding hydrogens is 506 g/mol. The molecule has 38 heavy (non-hydrogen) atoms. The van der Waals surface area contributed by atoms with E-state index in [0.717, 1.165) is 11.3 Å². The Morgan fingerprint density at radius 2 is 1.82 bits per heavy atom. The van der Waals surface area contributed by atoms with E-state index in [2.05, 4.69) is 16.3 Å². The van der Waals surface area contributed by atoms with Crippen LogP contribution in [0.15, 0.2) is 71.9 Å². The summed E-state index contributed by atoms with van der Waals surface area (Å²) in [7, 11) is 3.10. The lowest BCUT2D eigenvalue weighted by Crippen LogP contribution is -2.11. The summed E-state index contributed by atoms with van der Waals surface area (Å²) in [6.07, 6.45) is 0. The molecule has 1 heterocycles. The lowest BCUT2D eigenvalue weighted by molar-refractivity contribution is -0.479. The van der Waals surface area contributed by atoms with Crippen LogP contribution in [0, 0.1) is 28.4 Å². The van der Waals surface area contributed by atoms with E-state index in [-0.39, 0.29) is 18.1 Å². The van der Waals surface area contributed by atoms with Crippen molar-refractivity contribution in [2.24, 2.45) is 0 Å². The van der Waals surface area contributed by atoms with E-state index >= 15 is 0 Å². The number of hydrogen-bond acceptors (Lipinski definition) is 9. The molecule has 10 nitrogen and oxygen atoms in total. The average molecular weight is 532 g/mol. The van der Waals surface area contributed by atoms with Gasteiger partial charge in [-0.3, -0.25) is 14.7 Å². The van der Waals surface area contributed by atoms with E-state index < -0.39 is 5.25 Å². The predicted octanol–water partition coefficient (Wildman–Crippen LogP) is 5.15. The zero-order chi connectivity index (χ0) is 27.1. The third-order valence-electron chi connectivity index (χ3n) is 5.77. The van der Waals surface area contributed by atoms with Crippen molar-refractivity contribution < 1.29 is 19.1 Å². The first kappa shape index (κ1) is 26.5. The number of rotatable bonds is 11. The molecule has 3 aromatic carbocycles. The van der Waals surface area contributed by atoms with Crippen LogP contribution in [0.4, 0.5) is 0 Å². The normalized spacial score (nSPS) is 11.4. The summed E-state index contributed by atoms with van der Waals surface area (Å²) in [4.78, 5) is 11.2. The molecule has 0 amide bonds. The maximum absolute atomic E-state index is 11.6. The van der Waals surface area contributed by atoms with E-state index in [9.17, 15) is 15.4 Å². The minimum atomic E-state index is -0.576. The molecule has 0 fully saturated rings. The van der Waals surface area contributed by atoms with Gasteiger partial charge in [0.15, 0.2) is 16.7 Å². The Morgan fingerprint density at radius 1 is 1.05 bits per heavy atom. The van der Waals surface area contributed by atoms with Crippen LogP contribution in [0.1, 0.15) is 27.8 Å². The molecule has 0 radical (unpaired) electrons. The zero-order valence-electron chi connectivity index (χ0n) is 21.0. The Balaban J connectivity index is 1.61. The molecule has 0 aliphatic heterocycles. The Labute approximate surface area is 223 Å². The molecule has 4 aromatic rings. The highest BCUT2D eigenvalue weighted by Crippen LogP contribution is 2.39. The highest BCUT2D eigenvalue weighted by Gasteiger charge is 2.25. The zero-order valence-corrected chi connectivity index (χ0v) is 21.8. The van der Waals surface area contributed by atoms with Crippen molar-refractivity contribution in [1.82, 2.24) is 14.8 Å². The van der Waals surface area contributed by atoms with Gasteiger partial charge in [-0.2, -0.15) is 5.26 Å². The van der Waals surface area contributed by atoms with Crippen molar-refractivity contribution in [2.75, 3.05) is 20.8 Å². The van der Waals surface area contributed by atoms with E-state index in [1.54, 1.807) is 37.4 Å². The predicted molar refractivity (Wildman–Crippen MR) is 142 cm³/mol. The number of aryl methyl sites for hydroxylation is 1. The lowest BCUT2D eigenvalue weighted by atomic mass is 10.1. The van der Waals surface area contributed by atoms with Crippen LogP contribution in [-0.2, 0) is 6.61 Å². The maximum atomic E-state index is 11.6. The van der Waals surface area contributed by atoms with Crippen LogP contribution in [0.5, 0.6) is 17.2 Å². The molecule has 0 bridgehead atoms. The maximum Gasteiger partial charge on any atom is 0.220 e. The number of methoxy groups -OCH3 is 2. The molecule has 0 saturated heterocycles. The number of aromatic nitrogens is 3. The van der Waals surface area contributed by atoms with Gasteiger partial charge >= 0.3 is 0 Å². The molecule has 1 atom stereocenters. The molecule has 4 rings (SSSR count). The molecule has 0 aliphatic carbocycles. The van der Waals surface area contributed by atoms with Crippen molar-refractivity contribution in [3.8, 4) is 29.0 Å². The molecule has 0 spiro atoms. The molecule has 0 unspecified atom stereocenters. The van der Waals surface area contributed by atoms with Crippen LogP contribution in [0.25, 0.3) is 5.69 Å². The standard InChI is InChI=1S/C27H25N5O5S/c1-18-29-30-27(32(18)22-9-11-23(35-2)12-10-22)38-26(16-31(33)34)19-8-13-24(25(14-19)36-3)37-17-21-7-5-4-6-20(21)15-28/h4-14,26H,16-17H2,1-3H3/t26-/m0/s1. The molecule has 1 aromatic heterocycles. The smallest absolute Gasteiger partial charge is 0.220 e. The fourth-order valence-electron chi connectivity index (χ4n) is 3.84. The van der Waals surface area contributed by atoms with E-state index in [0.29, 0.717) is 39.4 Å². The van der Waals surface area contributed by atoms with E-state index in [4.69, 9.17) is 14.2 Å². The van der Waals surface area contributed by atoms with Gasteiger partial charge in [0.1, 0.15) is 23.4 Å². The Morgan fingerprint density at radius 3 is 2.50 bits per heavy atom. The summed E-state index contributed by atoms with van der Waals surface area (Å²) < 4.78 is 18.6. The Kier molecular flexibility index (Phi) is 8.45. The molecule has 194 valence electrons. The summed E-state index contributed by atoms with van der Waals surface area (Å²) in [5, 5.41) is 29.3. The summed E-state index contributed by atoms with van der Waals surface area (Å²) in [6, 6.07) is 22.0. The van der Waals surface area contributed by atoms with Gasteiger partial charge in [-0.15, -0.1) is 10.2 Å². The van der Waals surface area contributed by atoms with E-state index in [1.165, 1.54) is 18.9 Å². The first-order valence-electron chi connectivity index (χ1n) is 11.6. The number of hydrogen-bond donors (Lipinski definition) is 0. The number of nitro groups is 1. The van der Waals surface area contributed by atoms with Gasteiger partial charge in [0, 0.05) is 16.2 Å². The monoisotopic (exact) mass is 531 g/mol. The quantitative estimate of drug-likeness (QED) is 0.147. The van der Waals surface area contributed by atoms with Crippen LogP contribution < -0.4 is 14.2 Å². The summed E-state index contributed by atoms with van der Waals surface area (Å²) in [5.74, 6) is 2.26. The van der Waals surface area contributed by atoms with Gasteiger partial charge in [-0.25, -0.2) is 0 Å². The highest BCUT2D eigenvalue weighted by atomic mass is 32.2. The average Bonchev–Trinajstić information content (AvgIpc) is 3.30. The highest BCUT2D eigenvalue weighted by molar-refractivity contribution is 7.99. The third kappa shape index (κ3) is 6.04. The fourth-order valence-corrected chi connectivity index (χ4v) is 5.00. The van der Waals surface area contributed by atoms with Crippen LogP contribution in [-0.4, -0.2) is 40.5 Å². The number of nitrogens with zero attached hydrogens (tertiary/aromatic N) is 5. The molecule has 0 N–H and O–H groups in total. The van der Waals surface area contributed by atoms with Crippen molar-refractivity contribution in [3.63, 3.8) is 0 Å². The molecule has 11 heteroatoms.